The number of fused-ring (bicyclic) bond motifs is 1. The Hall–Kier alpha value is -0.320. The summed E-state index contributed by atoms with van der Waals surface area (Å²) in [4.78, 5) is 3.20. The van der Waals surface area contributed by atoms with Crippen molar-refractivity contribution in [2.75, 3.05) is 5.75 Å². The molecular formula is C15H14BrFS2. The standard InChI is InChI=1S/C15H14BrFS2/c16-13(7-10-2-1-3-12(17)6-10)15-8-11-9-18-5-4-14(11)19-15/h1-3,6,8,13H,4-5,7,9H2. The zero-order valence-corrected chi connectivity index (χ0v) is 13.6. The molecule has 4 heteroatoms. The van der Waals surface area contributed by atoms with Crippen molar-refractivity contribution in [2.24, 2.45) is 0 Å². The quantitative estimate of drug-likeness (QED) is 0.667. The van der Waals surface area contributed by atoms with Gasteiger partial charge in [-0.15, -0.1) is 11.3 Å². The first-order valence-electron chi connectivity index (χ1n) is 6.30. The van der Waals surface area contributed by atoms with E-state index in [0.717, 1.165) is 17.7 Å². The van der Waals surface area contributed by atoms with Crippen LogP contribution in [0.15, 0.2) is 30.3 Å². The monoisotopic (exact) mass is 356 g/mol. The summed E-state index contributed by atoms with van der Waals surface area (Å²) in [6, 6.07) is 9.21. The van der Waals surface area contributed by atoms with Gasteiger partial charge in [0.2, 0.25) is 0 Å². The maximum absolute atomic E-state index is 13.2. The number of thioether (sulfide) groups is 1. The SMILES string of the molecule is Fc1cccc(CC(Br)c2cc3c(s2)CCSC3)c1. The molecule has 0 saturated carbocycles. The first-order chi connectivity index (χ1) is 9.22. The summed E-state index contributed by atoms with van der Waals surface area (Å²) in [5.41, 5.74) is 2.54. The number of rotatable bonds is 3. The van der Waals surface area contributed by atoms with E-state index >= 15 is 0 Å². The third-order valence-electron chi connectivity index (χ3n) is 3.26. The molecule has 1 atom stereocenters. The molecule has 1 aromatic heterocycles. The maximum atomic E-state index is 13.2. The zero-order valence-electron chi connectivity index (χ0n) is 10.4. The Labute approximate surface area is 129 Å². The number of hydrogen-bond acceptors (Lipinski definition) is 2. The van der Waals surface area contributed by atoms with Crippen molar-refractivity contribution in [1.29, 1.82) is 0 Å². The lowest BCUT2D eigenvalue weighted by Gasteiger charge is -2.08. The second-order valence-corrected chi connectivity index (χ2v) is 8.08. The molecule has 3 rings (SSSR count). The maximum Gasteiger partial charge on any atom is 0.123 e. The Morgan fingerprint density at radius 2 is 2.21 bits per heavy atom. The first-order valence-corrected chi connectivity index (χ1v) is 9.19. The van der Waals surface area contributed by atoms with Gasteiger partial charge in [0.25, 0.3) is 0 Å². The highest BCUT2D eigenvalue weighted by atomic mass is 79.9. The van der Waals surface area contributed by atoms with Crippen LogP contribution in [0, 0.1) is 5.82 Å². The minimum atomic E-state index is -0.154. The molecule has 1 aromatic carbocycles. The van der Waals surface area contributed by atoms with Gasteiger partial charge in [-0.2, -0.15) is 11.8 Å². The van der Waals surface area contributed by atoms with Gasteiger partial charge in [-0.1, -0.05) is 28.1 Å². The van der Waals surface area contributed by atoms with Crippen LogP contribution in [0.2, 0.25) is 0 Å². The molecule has 0 fully saturated rings. The van der Waals surface area contributed by atoms with Gasteiger partial charge in [-0.05, 0) is 47.9 Å². The molecule has 0 saturated heterocycles. The van der Waals surface area contributed by atoms with E-state index in [-0.39, 0.29) is 10.6 Å². The van der Waals surface area contributed by atoms with E-state index in [0.29, 0.717) is 0 Å². The lowest BCUT2D eigenvalue weighted by molar-refractivity contribution is 0.625. The highest BCUT2D eigenvalue weighted by Crippen LogP contribution is 2.38. The number of hydrogen-bond donors (Lipinski definition) is 0. The third-order valence-corrected chi connectivity index (χ3v) is 6.74. The molecule has 0 bridgehead atoms. The molecule has 0 N–H and O–H groups in total. The van der Waals surface area contributed by atoms with Crippen molar-refractivity contribution < 1.29 is 4.39 Å². The number of halogens is 2. The van der Waals surface area contributed by atoms with Crippen LogP contribution in [0.5, 0.6) is 0 Å². The van der Waals surface area contributed by atoms with E-state index < -0.39 is 0 Å². The predicted octanol–water partition coefficient (Wildman–Crippen LogP) is 5.36. The topological polar surface area (TPSA) is 0 Å². The Kier molecular flexibility index (Phi) is 4.30. The van der Waals surface area contributed by atoms with E-state index in [2.05, 4.69) is 22.0 Å². The molecule has 100 valence electrons. The number of alkyl halides is 1. The molecule has 0 amide bonds. The number of thiophene rings is 1. The van der Waals surface area contributed by atoms with Gasteiger partial charge in [-0.25, -0.2) is 4.39 Å². The summed E-state index contributed by atoms with van der Waals surface area (Å²) in [5, 5.41) is 0. The fourth-order valence-electron chi connectivity index (χ4n) is 2.30. The summed E-state index contributed by atoms with van der Waals surface area (Å²) in [5.74, 6) is 2.23. The molecule has 0 radical (unpaired) electrons. The van der Waals surface area contributed by atoms with E-state index in [9.17, 15) is 4.39 Å². The second-order valence-electron chi connectivity index (χ2n) is 4.70. The van der Waals surface area contributed by atoms with Crippen LogP contribution in [-0.2, 0) is 18.6 Å². The van der Waals surface area contributed by atoms with Crippen LogP contribution in [0.3, 0.4) is 0 Å². The summed E-state index contributed by atoms with van der Waals surface area (Å²) < 4.78 is 13.2. The van der Waals surface area contributed by atoms with Crippen molar-refractivity contribution in [3.8, 4) is 0 Å². The van der Waals surface area contributed by atoms with Gasteiger partial charge in [0.1, 0.15) is 5.82 Å². The highest BCUT2D eigenvalue weighted by Gasteiger charge is 2.18. The van der Waals surface area contributed by atoms with Crippen LogP contribution in [0.1, 0.15) is 25.7 Å². The Balaban J connectivity index is 1.76. The zero-order chi connectivity index (χ0) is 13.2. The van der Waals surface area contributed by atoms with Crippen molar-refractivity contribution in [2.45, 2.75) is 23.4 Å². The first kappa shape index (κ1) is 13.7. The molecule has 0 spiro atoms. The summed E-state index contributed by atoms with van der Waals surface area (Å²) >= 11 is 7.68. The molecule has 0 nitrogen and oxygen atoms in total. The Morgan fingerprint density at radius 1 is 1.32 bits per heavy atom. The number of benzene rings is 1. The Morgan fingerprint density at radius 3 is 3.00 bits per heavy atom. The molecule has 1 unspecified atom stereocenters. The molecule has 19 heavy (non-hydrogen) atoms. The van der Waals surface area contributed by atoms with Crippen LogP contribution >= 0.6 is 39.0 Å². The molecule has 1 aliphatic heterocycles. The van der Waals surface area contributed by atoms with Crippen LogP contribution in [-0.4, -0.2) is 5.75 Å². The van der Waals surface area contributed by atoms with Crippen molar-refractivity contribution in [1.82, 2.24) is 0 Å². The lowest BCUT2D eigenvalue weighted by Crippen LogP contribution is -1.96. The average Bonchev–Trinajstić information content (AvgIpc) is 2.82. The normalized spacial score (nSPS) is 16.1. The molecule has 1 aliphatic rings. The Bertz CT molecular complexity index is 556. The summed E-state index contributed by atoms with van der Waals surface area (Å²) in [6.45, 7) is 0. The number of aryl methyl sites for hydroxylation is 1. The van der Waals surface area contributed by atoms with Gasteiger partial charge in [0.05, 0.1) is 4.83 Å². The van der Waals surface area contributed by atoms with Gasteiger partial charge in [0, 0.05) is 15.5 Å². The van der Waals surface area contributed by atoms with E-state index in [1.807, 2.05) is 29.2 Å². The van der Waals surface area contributed by atoms with Crippen LogP contribution in [0.25, 0.3) is 0 Å². The fraction of sp³-hybridized carbons (Fsp3) is 0.333. The average molecular weight is 357 g/mol. The minimum absolute atomic E-state index is 0.154. The lowest BCUT2D eigenvalue weighted by atomic mass is 10.1. The fourth-order valence-corrected chi connectivity index (χ4v) is 5.44. The smallest absolute Gasteiger partial charge is 0.123 e. The highest BCUT2D eigenvalue weighted by molar-refractivity contribution is 9.09. The van der Waals surface area contributed by atoms with Crippen molar-refractivity contribution in [3.05, 3.63) is 57.0 Å². The molecule has 0 aliphatic carbocycles. The van der Waals surface area contributed by atoms with Gasteiger partial charge in [0.15, 0.2) is 0 Å². The van der Waals surface area contributed by atoms with Crippen LogP contribution < -0.4 is 0 Å². The van der Waals surface area contributed by atoms with Gasteiger partial charge >= 0.3 is 0 Å². The molecular weight excluding hydrogens is 343 g/mol. The summed E-state index contributed by atoms with van der Waals surface area (Å²) in [6.07, 6.45) is 2.04. The largest absolute Gasteiger partial charge is 0.207 e. The minimum Gasteiger partial charge on any atom is -0.207 e. The molecule has 2 heterocycles. The van der Waals surface area contributed by atoms with Gasteiger partial charge in [-0.3, -0.25) is 0 Å². The van der Waals surface area contributed by atoms with E-state index in [1.54, 1.807) is 12.1 Å². The predicted molar refractivity (Wildman–Crippen MR) is 86.0 cm³/mol. The molecule has 2 aromatic rings. The third kappa shape index (κ3) is 3.23. The van der Waals surface area contributed by atoms with Crippen molar-refractivity contribution >= 4 is 39.0 Å². The second kappa shape index (κ2) is 5.98. The van der Waals surface area contributed by atoms with E-state index in [1.165, 1.54) is 33.6 Å². The summed E-state index contributed by atoms with van der Waals surface area (Å²) in [7, 11) is 0. The van der Waals surface area contributed by atoms with Crippen molar-refractivity contribution in [3.63, 3.8) is 0 Å². The van der Waals surface area contributed by atoms with Gasteiger partial charge < -0.3 is 0 Å². The van der Waals surface area contributed by atoms with E-state index in [4.69, 9.17) is 0 Å². The van der Waals surface area contributed by atoms with Crippen LogP contribution in [0.4, 0.5) is 4.39 Å².